The van der Waals surface area contributed by atoms with Crippen molar-refractivity contribution in [1.29, 1.82) is 0 Å². The summed E-state index contributed by atoms with van der Waals surface area (Å²) in [6.45, 7) is 4.64. The van der Waals surface area contributed by atoms with Gasteiger partial charge in [-0.3, -0.25) is 0 Å². The first-order chi connectivity index (χ1) is 8.29. The maximum absolute atomic E-state index is 14.2. The van der Waals surface area contributed by atoms with Crippen molar-refractivity contribution >= 4 is 0 Å². The Hall–Kier alpha value is -1.29. The van der Waals surface area contributed by atoms with Crippen LogP contribution in [0.5, 0.6) is 11.5 Å². The van der Waals surface area contributed by atoms with E-state index >= 15 is 0 Å². The van der Waals surface area contributed by atoms with Crippen LogP contribution < -0.4 is 9.47 Å². The maximum atomic E-state index is 14.2. The van der Waals surface area contributed by atoms with Crippen LogP contribution in [-0.4, -0.2) is 25.4 Å². The van der Waals surface area contributed by atoms with Gasteiger partial charge in [0.05, 0.1) is 20.3 Å². The Labute approximate surface area is 108 Å². The largest absolute Gasteiger partial charge is 0.493 e. The van der Waals surface area contributed by atoms with Crippen molar-refractivity contribution in [3.63, 3.8) is 0 Å². The number of alkyl halides is 1. The highest BCUT2D eigenvalue weighted by Crippen LogP contribution is 2.37. The first-order valence-corrected chi connectivity index (χ1v) is 5.92. The predicted octanol–water partition coefficient (Wildman–Crippen LogP) is 2.83. The lowest BCUT2D eigenvalue weighted by Crippen LogP contribution is -2.16. The highest BCUT2D eigenvalue weighted by molar-refractivity contribution is 5.49. The van der Waals surface area contributed by atoms with Gasteiger partial charge < -0.3 is 14.6 Å². The fourth-order valence-corrected chi connectivity index (χ4v) is 1.96. The van der Waals surface area contributed by atoms with Gasteiger partial charge in [-0.25, -0.2) is 4.39 Å². The molecule has 0 aliphatic rings. The molecule has 3 nitrogen and oxygen atoms in total. The van der Waals surface area contributed by atoms with E-state index in [9.17, 15) is 9.50 Å². The summed E-state index contributed by atoms with van der Waals surface area (Å²) in [5, 5.41) is 9.49. The molecule has 0 aromatic heterocycles. The predicted molar refractivity (Wildman–Crippen MR) is 69.1 cm³/mol. The molecule has 4 heteroatoms. The molecule has 0 saturated heterocycles. The lowest BCUT2D eigenvalue weighted by molar-refractivity contribution is 0.189. The number of aliphatic hydroxyl groups is 1. The number of methoxy groups -OCH3 is 2. The summed E-state index contributed by atoms with van der Waals surface area (Å²) in [4.78, 5) is 0. The minimum absolute atomic E-state index is 0.378. The second-order valence-corrected chi connectivity index (χ2v) is 4.89. The Morgan fingerprint density at radius 2 is 1.72 bits per heavy atom. The Bertz CT molecular complexity index is 408. The monoisotopic (exact) mass is 256 g/mol. The van der Waals surface area contributed by atoms with Crippen molar-refractivity contribution in [1.82, 2.24) is 0 Å². The van der Waals surface area contributed by atoms with Gasteiger partial charge in [0.15, 0.2) is 11.5 Å². The van der Waals surface area contributed by atoms with E-state index in [1.807, 2.05) is 0 Å². The Kier molecular flexibility index (Phi) is 4.57. The van der Waals surface area contributed by atoms with Crippen LogP contribution in [0.4, 0.5) is 4.39 Å². The number of aliphatic hydroxyl groups excluding tert-OH is 1. The highest BCUT2D eigenvalue weighted by atomic mass is 19.1. The third-order valence-corrected chi connectivity index (χ3v) is 2.77. The van der Waals surface area contributed by atoms with Gasteiger partial charge in [0.2, 0.25) is 0 Å². The molecule has 0 radical (unpaired) electrons. The number of benzene rings is 1. The first-order valence-electron chi connectivity index (χ1n) is 5.92. The summed E-state index contributed by atoms with van der Waals surface area (Å²) >= 11 is 0. The summed E-state index contributed by atoms with van der Waals surface area (Å²) in [6, 6.07) is 3.36. The van der Waals surface area contributed by atoms with Crippen molar-refractivity contribution in [3.05, 3.63) is 23.3 Å². The molecule has 0 aliphatic carbocycles. The van der Waals surface area contributed by atoms with Gasteiger partial charge in [0, 0.05) is 0 Å². The molecule has 1 unspecified atom stereocenters. The molecular weight excluding hydrogens is 235 g/mol. The Morgan fingerprint density at radius 3 is 2.11 bits per heavy atom. The van der Waals surface area contributed by atoms with E-state index < -0.39 is 11.8 Å². The van der Waals surface area contributed by atoms with Gasteiger partial charge in [0.1, 0.15) is 5.67 Å². The molecule has 0 heterocycles. The fraction of sp³-hybridized carbons (Fsp3) is 0.571. The number of hydrogen-bond donors (Lipinski definition) is 1. The molecule has 1 atom stereocenters. The van der Waals surface area contributed by atoms with E-state index in [2.05, 4.69) is 0 Å². The smallest absolute Gasteiger partial charge is 0.161 e. The molecule has 1 N–H and O–H groups in total. The Balaban J connectivity index is 3.36. The van der Waals surface area contributed by atoms with Gasteiger partial charge >= 0.3 is 0 Å². The average Bonchev–Trinajstić information content (AvgIpc) is 2.26. The van der Waals surface area contributed by atoms with Crippen LogP contribution in [0.2, 0.25) is 0 Å². The zero-order valence-electron chi connectivity index (χ0n) is 11.6. The Morgan fingerprint density at radius 1 is 1.22 bits per heavy atom. The minimum Gasteiger partial charge on any atom is -0.493 e. The van der Waals surface area contributed by atoms with Gasteiger partial charge in [-0.15, -0.1) is 0 Å². The van der Waals surface area contributed by atoms with Gasteiger partial charge in [-0.2, -0.15) is 0 Å². The number of rotatable bonds is 5. The second-order valence-electron chi connectivity index (χ2n) is 4.89. The van der Waals surface area contributed by atoms with Gasteiger partial charge in [0.25, 0.3) is 0 Å². The van der Waals surface area contributed by atoms with E-state index in [1.54, 1.807) is 19.1 Å². The molecule has 1 rings (SSSR count). The molecule has 0 spiro atoms. The van der Waals surface area contributed by atoms with E-state index in [0.717, 1.165) is 5.56 Å². The number of halogens is 1. The summed E-state index contributed by atoms with van der Waals surface area (Å²) in [6.07, 6.45) is -0.160. The third-order valence-electron chi connectivity index (χ3n) is 2.77. The standard InChI is InChI=1S/C14H21FO3/c1-9(16)6-10-7-12(17-4)13(18-5)8-11(10)14(2,3)15/h7-9,16H,6H2,1-5H3. The molecule has 0 saturated carbocycles. The summed E-state index contributed by atoms with van der Waals surface area (Å²) in [5.74, 6) is 1.04. The molecule has 0 amide bonds. The van der Waals surface area contributed by atoms with Crippen LogP contribution in [0.1, 0.15) is 31.9 Å². The van der Waals surface area contributed by atoms with Crippen LogP contribution in [0, 0.1) is 0 Å². The number of ether oxygens (including phenoxy) is 2. The fourth-order valence-electron chi connectivity index (χ4n) is 1.96. The molecule has 102 valence electrons. The molecule has 0 fully saturated rings. The second kappa shape index (κ2) is 5.57. The van der Waals surface area contributed by atoms with Crippen LogP contribution in [0.25, 0.3) is 0 Å². The molecule has 0 bridgehead atoms. The molecular formula is C14H21FO3. The van der Waals surface area contributed by atoms with Gasteiger partial charge in [-0.05, 0) is 50.5 Å². The summed E-state index contributed by atoms with van der Waals surface area (Å²) in [7, 11) is 3.05. The summed E-state index contributed by atoms with van der Waals surface area (Å²) in [5.41, 5.74) is -0.250. The third kappa shape index (κ3) is 3.35. The first kappa shape index (κ1) is 14.8. The lowest BCUT2D eigenvalue weighted by Gasteiger charge is -2.22. The van der Waals surface area contributed by atoms with Crippen LogP contribution in [0.3, 0.4) is 0 Å². The zero-order valence-corrected chi connectivity index (χ0v) is 11.6. The molecule has 0 aliphatic heterocycles. The number of hydrogen-bond acceptors (Lipinski definition) is 3. The maximum Gasteiger partial charge on any atom is 0.161 e. The molecule has 18 heavy (non-hydrogen) atoms. The summed E-state index contributed by atoms with van der Waals surface area (Å²) < 4.78 is 24.6. The van der Waals surface area contributed by atoms with E-state index in [1.165, 1.54) is 28.1 Å². The molecule has 1 aromatic rings. The quantitative estimate of drug-likeness (QED) is 0.880. The van der Waals surface area contributed by atoms with Crippen LogP contribution in [0.15, 0.2) is 12.1 Å². The van der Waals surface area contributed by atoms with Crippen molar-refractivity contribution in [2.75, 3.05) is 14.2 Å². The van der Waals surface area contributed by atoms with Crippen molar-refractivity contribution in [2.24, 2.45) is 0 Å². The van der Waals surface area contributed by atoms with Crippen LogP contribution in [-0.2, 0) is 12.1 Å². The van der Waals surface area contributed by atoms with E-state index in [0.29, 0.717) is 23.5 Å². The van der Waals surface area contributed by atoms with Crippen molar-refractivity contribution in [2.45, 2.75) is 39.0 Å². The topological polar surface area (TPSA) is 38.7 Å². The normalized spacial score (nSPS) is 13.3. The lowest BCUT2D eigenvalue weighted by atomic mass is 9.91. The van der Waals surface area contributed by atoms with Crippen LogP contribution >= 0.6 is 0 Å². The minimum atomic E-state index is -1.50. The molecule has 1 aromatic carbocycles. The van der Waals surface area contributed by atoms with E-state index in [4.69, 9.17) is 9.47 Å². The van der Waals surface area contributed by atoms with Gasteiger partial charge in [-0.1, -0.05) is 0 Å². The average molecular weight is 256 g/mol. The van der Waals surface area contributed by atoms with E-state index in [-0.39, 0.29) is 0 Å². The van der Waals surface area contributed by atoms with Crippen molar-refractivity contribution < 1.29 is 19.0 Å². The van der Waals surface area contributed by atoms with Crippen molar-refractivity contribution in [3.8, 4) is 11.5 Å². The zero-order chi connectivity index (χ0) is 13.9. The SMILES string of the molecule is COc1cc(CC(C)O)c(C(C)(C)F)cc1OC. The highest BCUT2D eigenvalue weighted by Gasteiger charge is 2.25.